The molecule has 66 valence electrons. The quantitative estimate of drug-likeness (QED) is 0.586. The minimum Gasteiger partial charge on any atom is -0.381 e. The lowest BCUT2D eigenvalue weighted by molar-refractivity contribution is -0.122. The molecule has 0 heterocycles. The summed E-state index contributed by atoms with van der Waals surface area (Å²) in [6, 6.07) is 0. The van der Waals surface area contributed by atoms with Crippen molar-refractivity contribution in [1.82, 2.24) is 5.32 Å². The van der Waals surface area contributed by atoms with Crippen molar-refractivity contribution in [3.8, 4) is 0 Å². The van der Waals surface area contributed by atoms with E-state index in [1.807, 2.05) is 13.8 Å². The van der Waals surface area contributed by atoms with E-state index in [1.54, 1.807) is 0 Å². The van der Waals surface area contributed by atoms with Gasteiger partial charge in [-0.3, -0.25) is 4.79 Å². The minimum absolute atomic E-state index is 0.0728. The summed E-state index contributed by atoms with van der Waals surface area (Å²) in [7, 11) is 0. The van der Waals surface area contributed by atoms with Crippen molar-refractivity contribution in [2.24, 2.45) is 0 Å². The third-order valence-electron chi connectivity index (χ3n) is 1.20. The molecule has 0 aliphatic heterocycles. The molecule has 0 radical (unpaired) electrons. The fraction of sp³-hybridized carbons (Fsp3) is 0.875. The van der Waals surface area contributed by atoms with Crippen molar-refractivity contribution in [1.29, 1.82) is 0 Å². The van der Waals surface area contributed by atoms with Crippen molar-refractivity contribution in [3.63, 3.8) is 0 Å². The molecule has 0 bridgehead atoms. The highest BCUT2D eigenvalue weighted by Gasteiger charge is 1.97. The normalized spacial score (nSPS) is 9.64. The first-order valence-electron chi connectivity index (χ1n) is 4.15. The summed E-state index contributed by atoms with van der Waals surface area (Å²) in [6.07, 6.45) is 1.49. The molecule has 0 fully saturated rings. The van der Waals surface area contributed by atoms with Crippen LogP contribution in [0.5, 0.6) is 0 Å². The molecule has 3 nitrogen and oxygen atoms in total. The van der Waals surface area contributed by atoms with E-state index in [0.717, 1.165) is 13.0 Å². The van der Waals surface area contributed by atoms with Crippen LogP contribution in [-0.4, -0.2) is 25.7 Å². The van der Waals surface area contributed by atoms with E-state index in [0.29, 0.717) is 19.6 Å². The number of carbonyl (C=O) groups excluding carboxylic acids is 1. The van der Waals surface area contributed by atoms with Gasteiger partial charge in [0, 0.05) is 19.6 Å². The van der Waals surface area contributed by atoms with Gasteiger partial charge in [-0.15, -0.1) is 0 Å². The molecule has 11 heavy (non-hydrogen) atoms. The van der Waals surface area contributed by atoms with Crippen molar-refractivity contribution in [3.05, 3.63) is 0 Å². The Bertz CT molecular complexity index is 104. The van der Waals surface area contributed by atoms with Crippen molar-refractivity contribution >= 4 is 5.91 Å². The lowest BCUT2D eigenvalue weighted by Crippen LogP contribution is -2.23. The summed E-state index contributed by atoms with van der Waals surface area (Å²) < 4.78 is 5.14. The Kier molecular flexibility index (Phi) is 7.15. The lowest BCUT2D eigenvalue weighted by Gasteiger charge is -2.02. The van der Waals surface area contributed by atoms with Crippen LogP contribution in [0.1, 0.15) is 26.7 Å². The van der Waals surface area contributed by atoms with Gasteiger partial charge in [-0.25, -0.2) is 0 Å². The maximum Gasteiger partial charge on any atom is 0.222 e. The Morgan fingerprint density at radius 3 is 2.64 bits per heavy atom. The average Bonchev–Trinajstić information content (AvgIpc) is 1.99. The van der Waals surface area contributed by atoms with Crippen LogP contribution in [0.2, 0.25) is 0 Å². The van der Waals surface area contributed by atoms with E-state index >= 15 is 0 Å². The summed E-state index contributed by atoms with van der Waals surface area (Å²) >= 11 is 0. The van der Waals surface area contributed by atoms with Crippen molar-refractivity contribution in [2.75, 3.05) is 19.8 Å². The van der Waals surface area contributed by atoms with E-state index < -0.39 is 0 Å². The SMILES string of the molecule is CCCOCCC(=O)NCC. The Hall–Kier alpha value is -0.570. The summed E-state index contributed by atoms with van der Waals surface area (Å²) in [4.78, 5) is 10.8. The molecular formula is C8H17NO2. The highest BCUT2D eigenvalue weighted by atomic mass is 16.5. The molecule has 1 amide bonds. The molecule has 1 N–H and O–H groups in total. The number of nitrogens with one attached hydrogen (secondary N) is 1. The van der Waals surface area contributed by atoms with E-state index in [2.05, 4.69) is 5.32 Å². The summed E-state index contributed by atoms with van der Waals surface area (Å²) in [5.74, 6) is 0.0728. The highest BCUT2D eigenvalue weighted by Crippen LogP contribution is 1.84. The monoisotopic (exact) mass is 159 g/mol. The Morgan fingerprint density at radius 2 is 2.09 bits per heavy atom. The molecule has 0 saturated carbocycles. The number of amides is 1. The maximum absolute atomic E-state index is 10.8. The van der Waals surface area contributed by atoms with Crippen molar-refractivity contribution < 1.29 is 9.53 Å². The van der Waals surface area contributed by atoms with E-state index in [9.17, 15) is 4.79 Å². The fourth-order valence-electron chi connectivity index (χ4n) is 0.697. The predicted octanol–water partition coefficient (Wildman–Crippen LogP) is 0.939. The zero-order chi connectivity index (χ0) is 8.53. The van der Waals surface area contributed by atoms with Crippen LogP contribution in [0.3, 0.4) is 0 Å². The minimum atomic E-state index is 0.0728. The first-order valence-corrected chi connectivity index (χ1v) is 4.15. The molecule has 0 atom stereocenters. The smallest absolute Gasteiger partial charge is 0.222 e. The van der Waals surface area contributed by atoms with Gasteiger partial charge in [0.05, 0.1) is 6.61 Å². The molecule has 0 aromatic heterocycles. The predicted molar refractivity (Wildman–Crippen MR) is 44.4 cm³/mol. The second-order valence-electron chi connectivity index (χ2n) is 2.32. The standard InChI is InChI=1S/C8H17NO2/c1-3-6-11-7-5-8(10)9-4-2/h3-7H2,1-2H3,(H,9,10). The summed E-state index contributed by atoms with van der Waals surface area (Å²) in [6.45, 7) is 5.95. The van der Waals surface area contributed by atoms with Crippen LogP contribution in [0.4, 0.5) is 0 Å². The van der Waals surface area contributed by atoms with Crippen molar-refractivity contribution in [2.45, 2.75) is 26.7 Å². The fourth-order valence-corrected chi connectivity index (χ4v) is 0.697. The lowest BCUT2D eigenvalue weighted by atomic mass is 10.4. The third kappa shape index (κ3) is 7.33. The second-order valence-corrected chi connectivity index (χ2v) is 2.32. The molecule has 0 rings (SSSR count). The van der Waals surface area contributed by atoms with Crippen LogP contribution in [0, 0.1) is 0 Å². The van der Waals surface area contributed by atoms with Gasteiger partial charge in [-0.2, -0.15) is 0 Å². The maximum atomic E-state index is 10.8. The van der Waals surface area contributed by atoms with Gasteiger partial charge in [0.2, 0.25) is 5.91 Å². The van der Waals surface area contributed by atoms with Crippen LogP contribution < -0.4 is 5.32 Å². The molecule has 3 heteroatoms. The summed E-state index contributed by atoms with van der Waals surface area (Å²) in [5, 5.41) is 2.70. The molecule has 0 saturated heterocycles. The van der Waals surface area contributed by atoms with Crippen LogP contribution in [0.25, 0.3) is 0 Å². The van der Waals surface area contributed by atoms with E-state index in [-0.39, 0.29) is 5.91 Å². The number of ether oxygens (including phenoxy) is 1. The largest absolute Gasteiger partial charge is 0.381 e. The van der Waals surface area contributed by atoms with Gasteiger partial charge in [-0.1, -0.05) is 6.92 Å². The zero-order valence-corrected chi connectivity index (χ0v) is 7.35. The Morgan fingerprint density at radius 1 is 1.36 bits per heavy atom. The number of hydrogen-bond donors (Lipinski definition) is 1. The number of carbonyl (C=O) groups is 1. The summed E-state index contributed by atoms with van der Waals surface area (Å²) in [5.41, 5.74) is 0. The molecule has 0 aromatic carbocycles. The van der Waals surface area contributed by atoms with Crippen LogP contribution in [0.15, 0.2) is 0 Å². The zero-order valence-electron chi connectivity index (χ0n) is 7.35. The highest BCUT2D eigenvalue weighted by molar-refractivity contribution is 5.75. The first-order chi connectivity index (χ1) is 5.31. The van der Waals surface area contributed by atoms with Gasteiger partial charge in [0.15, 0.2) is 0 Å². The third-order valence-corrected chi connectivity index (χ3v) is 1.20. The molecule has 0 unspecified atom stereocenters. The van der Waals surface area contributed by atoms with E-state index in [4.69, 9.17) is 4.74 Å². The molecule has 0 spiro atoms. The molecular weight excluding hydrogens is 142 g/mol. The Balaban J connectivity index is 3.04. The Labute approximate surface area is 68.1 Å². The van der Waals surface area contributed by atoms with Gasteiger partial charge in [-0.05, 0) is 13.3 Å². The van der Waals surface area contributed by atoms with Gasteiger partial charge in [0.25, 0.3) is 0 Å². The number of hydrogen-bond acceptors (Lipinski definition) is 2. The van der Waals surface area contributed by atoms with Gasteiger partial charge < -0.3 is 10.1 Å². The van der Waals surface area contributed by atoms with Gasteiger partial charge >= 0.3 is 0 Å². The number of rotatable bonds is 6. The second kappa shape index (κ2) is 7.54. The van der Waals surface area contributed by atoms with Crippen LogP contribution >= 0.6 is 0 Å². The van der Waals surface area contributed by atoms with Crippen LogP contribution in [-0.2, 0) is 9.53 Å². The molecule has 0 aromatic rings. The van der Waals surface area contributed by atoms with E-state index in [1.165, 1.54) is 0 Å². The molecule has 0 aliphatic carbocycles. The molecule has 0 aliphatic rings. The first kappa shape index (κ1) is 10.4. The van der Waals surface area contributed by atoms with Gasteiger partial charge in [0.1, 0.15) is 0 Å². The average molecular weight is 159 g/mol. The topological polar surface area (TPSA) is 38.3 Å².